The molecule has 1 atom stereocenters. The van der Waals surface area contributed by atoms with Crippen molar-refractivity contribution in [3.05, 3.63) is 30.3 Å². The monoisotopic (exact) mass is 357 g/mol. The van der Waals surface area contributed by atoms with Crippen molar-refractivity contribution in [2.24, 2.45) is 0 Å². The number of anilines is 1. The van der Waals surface area contributed by atoms with Gasteiger partial charge in [0.05, 0.1) is 18.4 Å². The topological polar surface area (TPSA) is 65.2 Å². The third kappa shape index (κ3) is 2.72. The number of ether oxygens (including phenoxy) is 1. The minimum absolute atomic E-state index is 0.142. The number of piperidine rings is 1. The number of para-hydroxylation sites is 1. The molecule has 140 valence electrons. The number of amides is 3. The number of nitrogens with one attached hydrogen (secondary N) is 1. The third-order valence-electron chi connectivity index (χ3n) is 5.89. The van der Waals surface area contributed by atoms with Gasteiger partial charge in [0.15, 0.2) is 0 Å². The van der Waals surface area contributed by atoms with E-state index in [9.17, 15) is 9.59 Å². The van der Waals surface area contributed by atoms with E-state index in [4.69, 9.17) is 4.74 Å². The molecule has 0 aromatic heterocycles. The van der Waals surface area contributed by atoms with Crippen LogP contribution in [0.3, 0.4) is 0 Å². The molecule has 6 heteroatoms. The van der Waals surface area contributed by atoms with Crippen LogP contribution in [0.2, 0.25) is 0 Å². The molecule has 1 spiro atoms. The van der Waals surface area contributed by atoms with E-state index < -0.39 is 5.54 Å². The van der Waals surface area contributed by atoms with E-state index in [1.54, 1.807) is 12.1 Å². The van der Waals surface area contributed by atoms with Crippen molar-refractivity contribution in [2.75, 3.05) is 18.1 Å². The Balaban J connectivity index is 1.67. The first-order chi connectivity index (χ1) is 12.1. The normalized spacial score (nSPS) is 29.1. The summed E-state index contributed by atoms with van der Waals surface area (Å²) >= 11 is 0. The van der Waals surface area contributed by atoms with E-state index in [1.165, 1.54) is 4.90 Å². The van der Waals surface area contributed by atoms with Gasteiger partial charge in [0.1, 0.15) is 5.54 Å². The van der Waals surface area contributed by atoms with Gasteiger partial charge in [0.2, 0.25) is 0 Å². The van der Waals surface area contributed by atoms with E-state index in [2.05, 4.69) is 37.9 Å². The molecular formula is C20H27N3O3. The predicted molar refractivity (Wildman–Crippen MR) is 99.0 cm³/mol. The first-order valence-electron chi connectivity index (χ1n) is 9.26. The number of hydrogen-bond acceptors (Lipinski definition) is 4. The number of hydrogen-bond donors (Lipinski definition) is 1. The summed E-state index contributed by atoms with van der Waals surface area (Å²) in [6.45, 7) is 10.3. The molecule has 0 radical (unpaired) electrons. The molecule has 3 fully saturated rings. The van der Waals surface area contributed by atoms with Crippen LogP contribution < -0.4 is 10.2 Å². The van der Waals surface area contributed by atoms with Crippen LogP contribution in [0.25, 0.3) is 0 Å². The van der Waals surface area contributed by atoms with Gasteiger partial charge in [0.25, 0.3) is 5.91 Å². The van der Waals surface area contributed by atoms with Crippen LogP contribution in [0.5, 0.6) is 0 Å². The Morgan fingerprint density at radius 3 is 2.19 bits per heavy atom. The van der Waals surface area contributed by atoms with Gasteiger partial charge in [-0.25, -0.2) is 9.69 Å². The maximum atomic E-state index is 13.4. The average Bonchev–Trinajstić information content (AvgIpc) is 3.32. The lowest BCUT2D eigenvalue weighted by Crippen LogP contribution is -2.70. The molecule has 3 saturated heterocycles. The standard InChI is InChI=1S/C20H27N3O3/c1-18(2)12-20(13-19(3,4)22(18)10-15-11-26-15)16(24)23(17(25)21-20)14-8-6-5-7-9-14/h5-9,15H,10-13H2,1-4H3,(H,21,25). The third-order valence-corrected chi connectivity index (χ3v) is 5.89. The Kier molecular flexibility index (Phi) is 3.72. The number of urea groups is 1. The van der Waals surface area contributed by atoms with E-state index in [-0.39, 0.29) is 29.1 Å². The van der Waals surface area contributed by atoms with E-state index >= 15 is 0 Å². The number of carbonyl (C=O) groups excluding carboxylic acids is 2. The SMILES string of the molecule is CC1(C)CC2(CC(C)(C)N1CC1CO1)NC(=O)N(c1ccccc1)C2=O. The fourth-order valence-electron chi connectivity index (χ4n) is 5.09. The van der Waals surface area contributed by atoms with Crippen LogP contribution in [-0.2, 0) is 9.53 Å². The quantitative estimate of drug-likeness (QED) is 0.667. The van der Waals surface area contributed by atoms with E-state index in [1.807, 2.05) is 18.2 Å². The summed E-state index contributed by atoms with van der Waals surface area (Å²) in [5, 5.41) is 3.05. The van der Waals surface area contributed by atoms with Crippen LogP contribution in [0.4, 0.5) is 10.5 Å². The van der Waals surface area contributed by atoms with Crippen LogP contribution >= 0.6 is 0 Å². The summed E-state index contributed by atoms with van der Waals surface area (Å²) < 4.78 is 5.44. The zero-order chi connectivity index (χ0) is 18.7. The summed E-state index contributed by atoms with van der Waals surface area (Å²) in [6.07, 6.45) is 1.46. The Labute approximate surface area is 154 Å². The maximum Gasteiger partial charge on any atom is 0.329 e. The van der Waals surface area contributed by atoms with Crippen molar-refractivity contribution in [1.29, 1.82) is 0 Å². The fraction of sp³-hybridized carbons (Fsp3) is 0.600. The van der Waals surface area contributed by atoms with Gasteiger partial charge in [-0.05, 0) is 52.7 Å². The first kappa shape index (κ1) is 17.5. The molecule has 1 unspecified atom stereocenters. The molecular weight excluding hydrogens is 330 g/mol. The minimum atomic E-state index is -0.860. The lowest BCUT2D eigenvalue weighted by Gasteiger charge is -2.57. The second-order valence-corrected chi connectivity index (χ2v) is 9.03. The maximum absolute atomic E-state index is 13.4. The molecule has 26 heavy (non-hydrogen) atoms. The molecule has 4 rings (SSSR count). The Bertz CT molecular complexity index is 722. The second-order valence-electron chi connectivity index (χ2n) is 9.03. The van der Waals surface area contributed by atoms with Crippen molar-refractivity contribution >= 4 is 17.6 Å². The number of epoxide rings is 1. The Morgan fingerprint density at radius 1 is 1.08 bits per heavy atom. The van der Waals surface area contributed by atoms with E-state index in [0.717, 1.165) is 13.2 Å². The molecule has 3 heterocycles. The van der Waals surface area contributed by atoms with Gasteiger partial charge < -0.3 is 10.1 Å². The highest BCUT2D eigenvalue weighted by atomic mass is 16.6. The summed E-state index contributed by atoms with van der Waals surface area (Å²) in [7, 11) is 0. The van der Waals surface area contributed by atoms with Crippen molar-refractivity contribution < 1.29 is 14.3 Å². The lowest BCUT2D eigenvalue weighted by atomic mass is 9.68. The summed E-state index contributed by atoms with van der Waals surface area (Å²) in [5.41, 5.74) is -0.704. The van der Waals surface area contributed by atoms with Gasteiger partial charge in [-0.1, -0.05) is 18.2 Å². The lowest BCUT2D eigenvalue weighted by molar-refractivity contribution is -0.132. The van der Waals surface area contributed by atoms with Crippen molar-refractivity contribution in [1.82, 2.24) is 10.2 Å². The van der Waals surface area contributed by atoms with Crippen molar-refractivity contribution in [3.8, 4) is 0 Å². The fourth-order valence-corrected chi connectivity index (χ4v) is 5.09. The molecule has 0 bridgehead atoms. The molecule has 0 aliphatic carbocycles. The van der Waals surface area contributed by atoms with Gasteiger partial charge in [-0.15, -0.1) is 0 Å². The number of likely N-dealkylation sites (tertiary alicyclic amines) is 1. The van der Waals surface area contributed by atoms with Crippen LogP contribution in [0.1, 0.15) is 40.5 Å². The van der Waals surface area contributed by atoms with E-state index in [0.29, 0.717) is 18.5 Å². The summed E-state index contributed by atoms with van der Waals surface area (Å²) in [6, 6.07) is 8.83. The summed E-state index contributed by atoms with van der Waals surface area (Å²) in [5.74, 6) is -0.142. The summed E-state index contributed by atoms with van der Waals surface area (Å²) in [4.78, 5) is 29.9. The number of carbonyl (C=O) groups is 2. The van der Waals surface area contributed by atoms with Crippen LogP contribution in [-0.4, -0.2) is 52.7 Å². The highest BCUT2D eigenvalue weighted by Gasteiger charge is 2.61. The van der Waals surface area contributed by atoms with Crippen molar-refractivity contribution in [2.45, 2.75) is 63.3 Å². The first-order valence-corrected chi connectivity index (χ1v) is 9.26. The smallest absolute Gasteiger partial charge is 0.329 e. The van der Waals surface area contributed by atoms with Crippen LogP contribution in [0, 0.1) is 0 Å². The van der Waals surface area contributed by atoms with Gasteiger partial charge >= 0.3 is 6.03 Å². The highest BCUT2D eigenvalue weighted by Crippen LogP contribution is 2.47. The van der Waals surface area contributed by atoms with Crippen molar-refractivity contribution in [3.63, 3.8) is 0 Å². The zero-order valence-electron chi connectivity index (χ0n) is 15.9. The average molecular weight is 357 g/mol. The second kappa shape index (κ2) is 5.54. The van der Waals surface area contributed by atoms with Crippen LogP contribution in [0.15, 0.2) is 30.3 Å². The molecule has 0 saturated carbocycles. The van der Waals surface area contributed by atoms with Gasteiger partial charge in [-0.3, -0.25) is 9.69 Å². The highest BCUT2D eigenvalue weighted by molar-refractivity contribution is 6.23. The molecule has 3 amide bonds. The molecule has 1 aromatic rings. The number of imide groups is 1. The Morgan fingerprint density at radius 2 is 1.65 bits per heavy atom. The molecule has 1 N–H and O–H groups in total. The molecule has 1 aromatic carbocycles. The van der Waals surface area contributed by atoms with Gasteiger partial charge in [-0.2, -0.15) is 0 Å². The molecule has 3 aliphatic heterocycles. The van der Waals surface area contributed by atoms with Gasteiger partial charge in [0, 0.05) is 17.6 Å². The predicted octanol–water partition coefficient (Wildman–Crippen LogP) is 2.53. The Hall–Kier alpha value is -1.92. The number of nitrogens with zero attached hydrogens (tertiary/aromatic N) is 2. The number of rotatable bonds is 3. The largest absolute Gasteiger partial charge is 0.372 e. The molecule has 6 nitrogen and oxygen atoms in total. The zero-order valence-corrected chi connectivity index (χ0v) is 15.9. The molecule has 3 aliphatic rings. The number of benzene rings is 1. The minimum Gasteiger partial charge on any atom is -0.372 e.